The molecule has 4 rings (SSSR count). The molecule has 1 saturated heterocycles. The van der Waals surface area contributed by atoms with Crippen molar-refractivity contribution in [3.05, 3.63) is 59.7 Å². The highest BCUT2D eigenvalue weighted by Crippen LogP contribution is 2.51. The molecule has 0 saturated carbocycles. The molecule has 0 radical (unpaired) electrons. The van der Waals surface area contributed by atoms with Crippen LogP contribution in [0.4, 0.5) is 18.0 Å². The van der Waals surface area contributed by atoms with Gasteiger partial charge in [-0.25, -0.2) is 4.79 Å². The Morgan fingerprint density at radius 2 is 1.65 bits per heavy atom. The van der Waals surface area contributed by atoms with E-state index in [0.717, 1.165) is 12.1 Å². The molecule has 2 N–H and O–H groups in total. The summed E-state index contributed by atoms with van der Waals surface area (Å²) in [6.45, 7) is 10.1. The quantitative estimate of drug-likeness (QED) is 0.435. The third-order valence-corrected chi connectivity index (χ3v) is 6.47. The highest BCUT2D eigenvalue weighted by atomic mass is 19.4. The SMILES string of the molecule is CC(C)(C)OC(=O)N1CC(C)([C@](O)(c2ccc(OC(F)(F)F)cc2)c2cncc(-c3noc(C(C)(C)O)n3)c2)C1. The third-order valence-electron chi connectivity index (χ3n) is 6.47. The van der Waals surface area contributed by atoms with Gasteiger partial charge >= 0.3 is 12.5 Å². The van der Waals surface area contributed by atoms with Crippen LogP contribution in [0.5, 0.6) is 5.75 Å². The number of halogens is 3. The fourth-order valence-electron chi connectivity index (χ4n) is 4.59. The first kappa shape index (κ1) is 29.3. The van der Waals surface area contributed by atoms with Crippen LogP contribution in [-0.2, 0) is 15.9 Å². The molecule has 13 heteroatoms. The fourth-order valence-corrected chi connectivity index (χ4v) is 4.59. The number of nitrogens with zero attached hydrogens (tertiary/aromatic N) is 4. The molecular weight excluding hydrogens is 533 g/mol. The number of aromatic nitrogens is 3. The standard InChI is InChI=1S/C27H31F3N4O6/c1-23(2,3)39-22(35)34-14-25(6,15-34)26(37,17-7-9-19(10-8-17)38-27(28,29)30)18-11-16(12-31-13-18)20-32-21(40-33-20)24(4,5)36/h7-13,36-37H,14-15H2,1-6H3/t26-/m0/s1. The van der Waals surface area contributed by atoms with Crippen molar-refractivity contribution in [3.63, 3.8) is 0 Å². The predicted octanol–water partition coefficient (Wildman–Crippen LogP) is 4.75. The lowest BCUT2D eigenvalue weighted by molar-refractivity contribution is -0.274. The molecule has 40 heavy (non-hydrogen) atoms. The van der Waals surface area contributed by atoms with Crippen molar-refractivity contribution in [1.29, 1.82) is 0 Å². The first-order valence-electron chi connectivity index (χ1n) is 12.4. The van der Waals surface area contributed by atoms with E-state index in [4.69, 9.17) is 9.26 Å². The highest BCUT2D eigenvalue weighted by Gasteiger charge is 2.58. The van der Waals surface area contributed by atoms with E-state index in [0.29, 0.717) is 5.56 Å². The first-order valence-corrected chi connectivity index (χ1v) is 12.4. The number of ether oxygens (including phenoxy) is 2. The molecule has 10 nitrogen and oxygen atoms in total. The van der Waals surface area contributed by atoms with Crippen LogP contribution in [-0.4, -0.2) is 61.4 Å². The van der Waals surface area contributed by atoms with Crippen LogP contribution >= 0.6 is 0 Å². The van der Waals surface area contributed by atoms with Crippen LogP contribution in [0.25, 0.3) is 11.4 Å². The van der Waals surface area contributed by atoms with Gasteiger partial charge in [0.15, 0.2) is 0 Å². The van der Waals surface area contributed by atoms with Gasteiger partial charge in [0.1, 0.15) is 22.6 Å². The van der Waals surface area contributed by atoms with Crippen LogP contribution < -0.4 is 4.74 Å². The number of carbonyl (C=O) groups excluding carboxylic acids is 1. The molecule has 1 aromatic carbocycles. The number of hydrogen-bond acceptors (Lipinski definition) is 9. The van der Waals surface area contributed by atoms with Gasteiger partial charge in [-0.3, -0.25) is 4.98 Å². The van der Waals surface area contributed by atoms with Crippen LogP contribution in [0.1, 0.15) is 58.6 Å². The molecule has 0 aliphatic carbocycles. The Morgan fingerprint density at radius 3 is 2.17 bits per heavy atom. The van der Waals surface area contributed by atoms with E-state index in [1.165, 1.54) is 43.3 Å². The van der Waals surface area contributed by atoms with Crippen molar-refractivity contribution in [1.82, 2.24) is 20.0 Å². The summed E-state index contributed by atoms with van der Waals surface area (Å²) < 4.78 is 52.8. The van der Waals surface area contributed by atoms with Crippen molar-refractivity contribution in [2.24, 2.45) is 5.41 Å². The minimum Gasteiger partial charge on any atom is -0.444 e. The first-order chi connectivity index (χ1) is 18.3. The smallest absolute Gasteiger partial charge is 0.444 e. The topological polar surface area (TPSA) is 131 Å². The Morgan fingerprint density at radius 1 is 1.02 bits per heavy atom. The highest BCUT2D eigenvalue weighted by molar-refractivity contribution is 5.70. The van der Waals surface area contributed by atoms with Crippen molar-refractivity contribution in [2.75, 3.05) is 13.1 Å². The van der Waals surface area contributed by atoms with Gasteiger partial charge in [0, 0.05) is 42.0 Å². The number of aliphatic hydroxyl groups is 2. The van der Waals surface area contributed by atoms with Crippen LogP contribution in [0.2, 0.25) is 0 Å². The van der Waals surface area contributed by atoms with Gasteiger partial charge in [-0.15, -0.1) is 13.2 Å². The molecule has 1 aliphatic rings. The maximum Gasteiger partial charge on any atom is 0.573 e. The van der Waals surface area contributed by atoms with E-state index in [9.17, 15) is 28.2 Å². The molecule has 2 aromatic heterocycles. The number of likely N-dealkylation sites (tertiary alicyclic amines) is 1. The summed E-state index contributed by atoms with van der Waals surface area (Å²) >= 11 is 0. The van der Waals surface area contributed by atoms with Gasteiger partial charge in [-0.1, -0.05) is 24.2 Å². The predicted molar refractivity (Wildman–Crippen MR) is 135 cm³/mol. The second kappa shape index (κ2) is 9.73. The molecule has 0 spiro atoms. The Kier molecular flexibility index (Phi) is 7.12. The zero-order valence-corrected chi connectivity index (χ0v) is 22.9. The number of hydrogen-bond donors (Lipinski definition) is 2. The molecule has 1 amide bonds. The van der Waals surface area contributed by atoms with Gasteiger partial charge in [0.05, 0.1) is 0 Å². The fraction of sp³-hybridized carbons (Fsp3) is 0.481. The minimum absolute atomic E-state index is 0.0256. The molecule has 216 valence electrons. The number of amides is 1. The zero-order valence-electron chi connectivity index (χ0n) is 22.9. The Balaban J connectivity index is 1.75. The summed E-state index contributed by atoms with van der Waals surface area (Å²) in [6, 6.07) is 6.44. The Bertz CT molecular complexity index is 1370. The minimum atomic E-state index is -4.88. The lowest BCUT2D eigenvalue weighted by Gasteiger charge is -2.56. The van der Waals surface area contributed by atoms with E-state index in [1.807, 2.05) is 0 Å². The van der Waals surface area contributed by atoms with Crippen LogP contribution in [0.3, 0.4) is 0 Å². The van der Waals surface area contributed by atoms with Crippen LogP contribution in [0, 0.1) is 5.41 Å². The molecule has 1 atom stereocenters. The average Bonchev–Trinajstić information content (AvgIpc) is 3.31. The third kappa shape index (κ3) is 5.89. The number of carbonyl (C=O) groups is 1. The van der Waals surface area contributed by atoms with Gasteiger partial charge in [-0.05, 0) is 58.4 Å². The van der Waals surface area contributed by atoms with E-state index in [-0.39, 0.29) is 35.9 Å². The molecule has 3 aromatic rings. The zero-order chi connectivity index (χ0) is 29.7. The Hall–Kier alpha value is -3.71. The second-order valence-electron chi connectivity index (χ2n) is 11.6. The van der Waals surface area contributed by atoms with Crippen molar-refractivity contribution in [2.45, 2.75) is 64.7 Å². The summed E-state index contributed by atoms with van der Waals surface area (Å²) in [5.74, 6) is -0.371. The van der Waals surface area contributed by atoms with E-state index >= 15 is 0 Å². The van der Waals surface area contributed by atoms with Gasteiger partial charge < -0.3 is 29.1 Å². The number of rotatable bonds is 6. The molecule has 1 aliphatic heterocycles. The number of benzene rings is 1. The lowest BCUT2D eigenvalue weighted by atomic mass is 9.62. The number of pyridine rings is 1. The Labute approximate surface area is 228 Å². The summed E-state index contributed by atoms with van der Waals surface area (Å²) in [5.41, 5.74) is -4.08. The van der Waals surface area contributed by atoms with E-state index in [1.54, 1.807) is 33.8 Å². The lowest BCUT2D eigenvalue weighted by Crippen LogP contribution is -2.66. The number of alkyl halides is 3. The molecular formula is C27H31F3N4O6. The summed E-state index contributed by atoms with van der Waals surface area (Å²) in [5, 5.41) is 26.5. The maximum atomic E-state index is 12.7. The van der Waals surface area contributed by atoms with Gasteiger partial charge in [0.2, 0.25) is 5.82 Å². The largest absolute Gasteiger partial charge is 0.573 e. The van der Waals surface area contributed by atoms with Crippen LogP contribution in [0.15, 0.2) is 47.2 Å². The van der Waals surface area contributed by atoms with E-state index < -0.39 is 40.4 Å². The van der Waals surface area contributed by atoms with Gasteiger partial charge in [-0.2, -0.15) is 4.98 Å². The van der Waals surface area contributed by atoms with Crippen molar-refractivity contribution < 1.29 is 42.2 Å². The van der Waals surface area contributed by atoms with Crippen molar-refractivity contribution >= 4 is 6.09 Å². The van der Waals surface area contributed by atoms with Gasteiger partial charge in [0.25, 0.3) is 5.89 Å². The molecule has 0 bridgehead atoms. The summed E-state index contributed by atoms with van der Waals surface area (Å²) in [6.07, 6.45) is -2.57. The van der Waals surface area contributed by atoms with E-state index in [2.05, 4.69) is 19.9 Å². The molecule has 1 fully saturated rings. The molecule has 3 heterocycles. The normalized spacial score (nSPS) is 17.1. The second-order valence-corrected chi connectivity index (χ2v) is 11.6. The maximum absolute atomic E-state index is 12.7. The monoisotopic (exact) mass is 564 g/mol. The van der Waals surface area contributed by atoms with Crippen molar-refractivity contribution in [3.8, 4) is 17.1 Å². The summed E-state index contributed by atoms with van der Waals surface area (Å²) in [7, 11) is 0. The molecule has 0 unspecified atom stereocenters. The summed E-state index contributed by atoms with van der Waals surface area (Å²) in [4.78, 5) is 22.6. The average molecular weight is 565 g/mol.